The third kappa shape index (κ3) is 4.71. The minimum absolute atomic E-state index is 0.124. The molecule has 7 nitrogen and oxygen atoms in total. The molecule has 1 heterocycles. The molecule has 0 bridgehead atoms. The fraction of sp³-hybridized carbons (Fsp3) is 0.467. The van der Waals surface area contributed by atoms with Crippen LogP contribution in [0.25, 0.3) is 0 Å². The highest BCUT2D eigenvalue weighted by Gasteiger charge is 2.29. The molecule has 1 aliphatic heterocycles. The van der Waals surface area contributed by atoms with Gasteiger partial charge in [0.15, 0.2) is 0 Å². The number of hydrogen-bond acceptors (Lipinski definition) is 4. The van der Waals surface area contributed by atoms with E-state index < -0.39 is 0 Å². The van der Waals surface area contributed by atoms with Gasteiger partial charge in [-0.15, -0.1) is 0 Å². The van der Waals surface area contributed by atoms with Crippen LogP contribution in [0, 0.1) is 0 Å². The number of anilines is 2. The largest absolute Gasteiger partial charge is 0.376 e. The van der Waals surface area contributed by atoms with Gasteiger partial charge in [0.05, 0.1) is 19.3 Å². The van der Waals surface area contributed by atoms with Crippen LogP contribution in [0.5, 0.6) is 0 Å². The number of nitrogens with one attached hydrogen (secondary N) is 3. The molecule has 2 atom stereocenters. The molecule has 3 N–H and O–H groups in total. The third-order valence-corrected chi connectivity index (χ3v) is 3.17. The molecule has 22 heavy (non-hydrogen) atoms. The maximum absolute atomic E-state index is 12.0. The van der Waals surface area contributed by atoms with Gasteiger partial charge in [-0.3, -0.25) is 4.79 Å². The molecule has 120 valence electrons. The Morgan fingerprint density at radius 1 is 1.27 bits per heavy atom. The molecule has 1 fully saturated rings. The molecule has 1 saturated heterocycles. The lowest BCUT2D eigenvalue weighted by atomic mass is 10.2. The number of hydrogen-bond donors (Lipinski definition) is 3. The first kappa shape index (κ1) is 16.3. The predicted octanol–water partition coefficient (Wildman–Crippen LogP) is 1.57. The number of carbonyl (C=O) groups is 2. The SMILES string of the molecule is CCO[C@H]1COC[C@@H]1NC(=O)Nc1cccc(NC(C)=O)c1. The zero-order valence-corrected chi connectivity index (χ0v) is 12.7. The molecular weight excluding hydrogens is 286 g/mol. The summed E-state index contributed by atoms with van der Waals surface area (Å²) in [5, 5.41) is 8.23. The molecule has 7 heteroatoms. The molecule has 1 aliphatic rings. The zero-order valence-electron chi connectivity index (χ0n) is 12.7. The normalized spacial score (nSPS) is 20.5. The molecule has 2 rings (SSSR count). The number of carbonyl (C=O) groups excluding carboxylic acids is 2. The number of ether oxygens (including phenoxy) is 2. The summed E-state index contributed by atoms with van der Waals surface area (Å²) in [5.74, 6) is -0.163. The Bertz CT molecular complexity index is 535. The van der Waals surface area contributed by atoms with Crippen LogP contribution < -0.4 is 16.0 Å². The summed E-state index contributed by atoms with van der Waals surface area (Å²) in [4.78, 5) is 23.1. The fourth-order valence-corrected chi connectivity index (χ4v) is 2.26. The van der Waals surface area contributed by atoms with Gasteiger partial charge in [0.2, 0.25) is 5.91 Å². The van der Waals surface area contributed by atoms with Crippen LogP contribution in [0.3, 0.4) is 0 Å². The second kappa shape index (κ2) is 7.77. The van der Waals surface area contributed by atoms with Crippen molar-refractivity contribution in [2.24, 2.45) is 0 Å². The molecule has 0 spiro atoms. The molecule has 0 unspecified atom stereocenters. The highest BCUT2D eigenvalue weighted by atomic mass is 16.5. The summed E-state index contributed by atoms with van der Waals surface area (Å²) in [6.07, 6.45) is -0.124. The molecule has 0 saturated carbocycles. The van der Waals surface area contributed by atoms with Gasteiger partial charge in [-0.05, 0) is 25.1 Å². The molecule has 1 aromatic rings. The maximum Gasteiger partial charge on any atom is 0.319 e. The van der Waals surface area contributed by atoms with Crippen molar-refractivity contribution in [1.82, 2.24) is 5.32 Å². The van der Waals surface area contributed by atoms with Gasteiger partial charge >= 0.3 is 6.03 Å². The Labute approximate surface area is 129 Å². The van der Waals surface area contributed by atoms with E-state index in [1.54, 1.807) is 24.3 Å². The summed E-state index contributed by atoms with van der Waals surface area (Å²) in [6.45, 7) is 4.83. The van der Waals surface area contributed by atoms with Gasteiger partial charge in [0.1, 0.15) is 6.10 Å². The first-order chi connectivity index (χ1) is 10.6. The number of rotatable bonds is 5. The zero-order chi connectivity index (χ0) is 15.9. The van der Waals surface area contributed by atoms with Gasteiger partial charge in [-0.1, -0.05) is 6.07 Å². The standard InChI is InChI=1S/C15H21N3O4/c1-3-22-14-9-21-8-13(14)18-15(20)17-12-6-4-5-11(7-12)16-10(2)19/h4-7,13-14H,3,8-9H2,1-2H3,(H,16,19)(H2,17,18,20)/t13-,14-/m0/s1. The van der Waals surface area contributed by atoms with Crippen molar-refractivity contribution >= 4 is 23.3 Å². The first-order valence-electron chi connectivity index (χ1n) is 7.23. The van der Waals surface area contributed by atoms with E-state index in [4.69, 9.17) is 9.47 Å². The lowest BCUT2D eigenvalue weighted by molar-refractivity contribution is -0.114. The first-order valence-corrected chi connectivity index (χ1v) is 7.23. The van der Waals surface area contributed by atoms with Crippen molar-refractivity contribution in [3.63, 3.8) is 0 Å². The average molecular weight is 307 g/mol. The van der Waals surface area contributed by atoms with Crippen molar-refractivity contribution in [3.8, 4) is 0 Å². The van der Waals surface area contributed by atoms with E-state index in [9.17, 15) is 9.59 Å². The van der Waals surface area contributed by atoms with E-state index in [0.29, 0.717) is 31.2 Å². The molecular formula is C15H21N3O4. The van der Waals surface area contributed by atoms with Crippen LogP contribution in [0.4, 0.5) is 16.2 Å². The Hall–Kier alpha value is -2.12. The monoisotopic (exact) mass is 307 g/mol. The van der Waals surface area contributed by atoms with Crippen molar-refractivity contribution in [3.05, 3.63) is 24.3 Å². The van der Waals surface area contributed by atoms with Crippen LogP contribution in [-0.2, 0) is 14.3 Å². The van der Waals surface area contributed by atoms with Crippen LogP contribution >= 0.6 is 0 Å². The Morgan fingerprint density at radius 2 is 2.00 bits per heavy atom. The Balaban J connectivity index is 1.90. The van der Waals surface area contributed by atoms with Gasteiger partial charge < -0.3 is 25.4 Å². The van der Waals surface area contributed by atoms with E-state index in [1.807, 2.05) is 6.92 Å². The van der Waals surface area contributed by atoms with Crippen LogP contribution in [0.2, 0.25) is 0 Å². The molecule has 0 radical (unpaired) electrons. The Morgan fingerprint density at radius 3 is 2.68 bits per heavy atom. The van der Waals surface area contributed by atoms with E-state index >= 15 is 0 Å². The summed E-state index contributed by atoms with van der Waals surface area (Å²) < 4.78 is 10.8. The molecule has 3 amide bonds. The third-order valence-electron chi connectivity index (χ3n) is 3.17. The number of benzene rings is 1. The minimum Gasteiger partial charge on any atom is -0.376 e. The summed E-state index contributed by atoms with van der Waals surface area (Å²) in [5.41, 5.74) is 1.22. The second-order valence-electron chi connectivity index (χ2n) is 5.00. The molecule has 0 aromatic heterocycles. The Kier molecular flexibility index (Phi) is 5.74. The number of amides is 3. The summed E-state index contributed by atoms with van der Waals surface area (Å²) in [6, 6.07) is 6.43. The topological polar surface area (TPSA) is 88.7 Å². The van der Waals surface area contributed by atoms with Crippen molar-refractivity contribution < 1.29 is 19.1 Å². The minimum atomic E-state index is -0.333. The maximum atomic E-state index is 12.0. The lowest BCUT2D eigenvalue weighted by Gasteiger charge is -2.19. The van der Waals surface area contributed by atoms with E-state index in [2.05, 4.69) is 16.0 Å². The van der Waals surface area contributed by atoms with Gasteiger partial charge in [-0.25, -0.2) is 4.79 Å². The average Bonchev–Trinajstić information content (AvgIpc) is 2.86. The highest BCUT2D eigenvalue weighted by Crippen LogP contribution is 2.15. The van der Waals surface area contributed by atoms with Crippen molar-refractivity contribution in [2.45, 2.75) is 26.0 Å². The van der Waals surface area contributed by atoms with Crippen LogP contribution in [0.1, 0.15) is 13.8 Å². The lowest BCUT2D eigenvalue weighted by Crippen LogP contribution is -2.45. The van der Waals surface area contributed by atoms with Crippen LogP contribution in [-0.4, -0.2) is 43.9 Å². The van der Waals surface area contributed by atoms with Gasteiger partial charge in [0, 0.05) is 24.9 Å². The smallest absolute Gasteiger partial charge is 0.319 e. The molecule has 0 aliphatic carbocycles. The molecule has 1 aromatic carbocycles. The predicted molar refractivity (Wildman–Crippen MR) is 82.9 cm³/mol. The van der Waals surface area contributed by atoms with Gasteiger partial charge in [-0.2, -0.15) is 0 Å². The van der Waals surface area contributed by atoms with E-state index in [-0.39, 0.29) is 24.1 Å². The van der Waals surface area contributed by atoms with Crippen molar-refractivity contribution in [1.29, 1.82) is 0 Å². The van der Waals surface area contributed by atoms with Gasteiger partial charge in [0.25, 0.3) is 0 Å². The quantitative estimate of drug-likeness (QED) is 0.770. The van der Waals surface area contributed by atoms with E-state index in [0.717, 1.165) is 0 Å². The van der Waals surface area contributed by atoms with Crippen LogP contribution in [0.15, 0.2) is 24.3 Å². The summed E-state index contributed by atoms with van der Waals surface area (Å²) in [7, 11) is 0. The summed E-state index contributed by atoms with van der Waals surface area (Å²) >= 11 is 0. The van der Waals surface area contributed by atoms with Crippen molar-refractivity contribution in [2.75, 3.05) is 30.5 Å². The fourth-order valence-electron chi connectivity index (χ4n) is 2.26. The van der Waals surface area contributed by atoms with E-state index in [1.165, 1.54) is 6.92 Å². The highest BCUT2D eigenvalue weighted by molar-refractivity contribution is 5.92. The number of urea groups is 1. The second-order valence-corrected chi connectivity index (χ2v) is 5.00.